The van der Waals surface area contributed by atoms with Crippen LogP contribution >= 0.6 is 22.6 Å². The highest BCUT2D eigenvalue weighted by molar-refractivity contribution is 14.1. The molecule has 4 nitrogen and oxygen atoms in total. The number of ketones is 1. The zero-order valence-corrected chi connectivity index (χ0v) is 12.1. The number of halogens is 2. The molecule has 0 aromatic carbocycles. The van der Waals surface area contributed by atoms with Crippen LogP contribution in [0.5, 0.6) is 0 Å². The third kappa shape index (κ3) is 2.53. The molecule has 94 valence electrons. The van der Waals surface area contributed by atoms with Gasteiger partial charge >= 0.3 is 0 Å². The van der Waals surface area contributed by atoms with Crippen molar-refractivity contribution in [3.05, 3.63) is 45.8 Å². The van der Waals surface area contributed by atoms with Crippen LogP contribution in [0.2, 0.25) is 0 Å². The zero-order chi connectivity index (χ0) is 13.3. The number of pyridine rings is 1. The fraction of sp³-hybridized carbons (Fsp3) is 0.167. The number of imidazole rings is 1. The van der Waals surface area contributed by atoms with Gasteiger partial charge in [0.15, 0.2) is 5.65 Å². The quantitative estimate of drug-likeness (QED) is 0.480. The minimum Gasteiger partial charge on any atom is -0.383 e. The van der Waals surface area contributed by atoms with E-state index in [2.05, 4.69) is 4.98 Å². The van der Waals surface area contributed by atoms with Crippen molar-refractivity contribution >= 4 is 34.0 Å². The van der Waals surface area contributed by atoms with Gasteiger partial charge in [-0.3, -0.25) is 9.20 Å². The topological polar surface area (TPSA) is 37.6 Å². The summed E-state index contributed by atoms with van der Waals surface area (Å²) < 4.78 is 15.5. The van der Waals surface area contributed by atoms with E-state index in [1.54, 1.807) is 11.1 Å². The Kier molecular flexibility index (Phi) is 3.65. The highest BCUT2D eigenvalue weighted by Gasteiger charge is 2.12. The number of hydrogen-bond acceptors (Lipinski definition) is 3. The molecule has 0 aliphatic rings. The normalized spacial score (nSPS) is 11.3. The standard InChI is InChI=1S/C12H11FIN3O/c1-16(2)4-3-11(18)10-6-15-12-9(14)5-8(13)7-17(10)12/h3-7H,1-2H3/b4-3+. The Morgan fingerprint density at radius 2 is 2.28 bits per heavy atom. The van der Waals surface area contributed by atoms with Gasteiger partial charge in [-0.25, -0.2) is 9.37 Å². The maximum atomic E-state index is 13.3. The lowest BCUT2D eigenvalue weighted by molar-refractivity contribution is 0.104. The van der Waals surface area contributed by atoms with E-state index in [0.29, 0.717) is 14.9 Å². The Labute approximate surface area is 117 Å². The summed E-state index contributed by atoms with van der Waals surface area (Å²) in [6.45, 7) is 0. The average molecular weight is 359 g/mol. The summed E-state index contributed by atoms with van der Waals surface area (Å²) in [6.07, 6.45) is 5.80. The van der Waals surface area contributed by atoms with Crippen molar-refractivity contribution in [1.82, 2.24) is 14.3 Å². The van der Waals surface area contributed by atoms with Gasteiger partial charge in [-0.2, -0.15) is 0 Å². The second-order valence-electron chi connectivity index (χ2n) is 3.99. The lowest BCUT2D eigenvalue weighted by atomic mass is 10.3. The first kappa shape index (κ1) is 13.0. The molecule has 6 heteroatoms. The summed E-state index contributed by atoms with van der Waals surface area (Å²) >= 11 is 1.99. The molecule has 0 N–H and O–H groups in total. The SMILES string of the molecule is CN(C)/C=C/C(=O)c1cnc2c(I)cc(F)cn12. The molecule has 2 aromatic heterocycles. The molecule has 2 heterocycles. The lowest BCUT2D eigenvalue weighted by Gasteiger charge is -2.03. The summed E-state index contributed by atoms with van der Waals surface area (Å²) in [4.78, 5) is 17.8. The molecule has 2 rings (SSSR count). The van der Waals surface area contributed by atoms with E-state index in [0.717, 1.165) is 0 Å². The first-order valence-electron chi connectivity index (χ1n) is 5.20. The Morgan fingerprint density at radius 1 is 1.56 bits per heavy atom. The number of hydrogen-bond donors (Lipinski definition) is 0. The van der Waals surface area contributed by atoms with E-state index >= 15 is 0 Å². The monoisotopic (exact) mass is 359 g/mol. The van der Waals surface area contributed by atoms with Crippen LogP contribution in [0, 0.1) is 9.39 Å². The third-order valence-electron chi connectivity index (χ3n) is 2.30. The van der Waals surface area contributed by atoms with Crippen LogP contribution < -0.4 is 0 Å². The molecule has 0 amide bonds. The summed E-state index contributed by atoms with van der Waals surface area (Å²) in [7, 11) is 3.64. The molecule has 0 saturated heterocycles. The summed E-state index contributed by atoms with van der Waals surface area (Å²) in [6, 6.07) is 1.38. The number of fused-ring (bicyclic) bond motifs is 1. The fourth-order valence-electron chi connectivity index (χ4n) is 1.50. The molecule has 0 bridgehead atoms. The summed E-state index contributed by atoms with van der Waals surface area (Å²) in [5.41, 5.74) is 0.930. The number of aromatic nitrogens is 2. The molecule has 0 saturated carbocycles. The molecule has 2 aromatic rings. The highest BCUT2D eigenvalue weighted by Crippen LogP contribution is 2.16. The highest BCUT2D eigenvalue weighted by atomic mass is 127. The molecular formula is C12H11FIN3O. The van der Waals surface area contributed by atoms with E-state index in [4.69, 9.17) is 0 Å². The predicted octanol–water partition coefficient (Wildman–Crippen LogP) is 2.34. The minimum absolute atomic E-state index is 0.211. The van der Waals surface area contributed by atoms with E-state index in [1.165, 1.54) is 28.9 Å². The van der Waals surface area contributed by atoms with Crippen LogP contribution in [-0.4, -0.2) is 34.2 Å². The zero-order valence-electron chi connectivity index (χ0n) is 9.89. The second kappa shape index (κ2) is 5.05. The van der Waals surface area contributed by atoms with Crippen LogP contribution in [0.3, 0.4) is 0 Å². The minimum atomic E-state index is -0.393. The Hall–Kier alpha value is -1.44. The third-order valence-corrected chi connectivity index (χ3v) is 3.10. The van der Waals surface area contributed by atoms with Crippen molar-refractivity contribution in [2.24, 2.45) is 0 Å². The van der Waals surface area contributed by atoms with Crippen molar-refractivity contribution in [3.63, 3.8) is 0 Å². The molecule has 0 atom stereocenters. The van der Waals surface area contributed by atoms with E-state index in [-0.39, 0.29) is 5.78 Å². The van der Waals surface area contributed by atoms with Crippen molar-refractivity contribution in [2.75, 3.05) is 14.1 Å². The number of carbonyl (C=O) groups excluding carboxylic acids is 1. The number of carbonyl (C=O) groups is 1. The van der Waals surface area contributed by atoms with E-state index < -0.39 is 5.82 Å². The second-order valence-corrected chi connectivity index (χ2v) is 5.15. The number of nitrogens with zero attached hydrogens (tertiary/aromatic N) is 3. The smallest absolute Gasteiger partial charge is 0.205 e. The average Bonchev–Trinajstić information content (AvgIpc) is 2.69. The van der Waals surface area contributed by atoms with Crippen molar-refractivity contribution < 1.29 is 9.18 Å². The van der Waals surface area contributed by atoms with Crippen molar-refractivity contribution in [2.45, 2.75) is 0 Å². The molecule has 0 aliphatic heterocycles. The van der Waals surface area contributed by atoms with Crippen molar-refractivity contribution in [1.29, 1.82) is 0 Å². The van der Waals surface area contributed by atoms with Gasteiger partial charge in [0.1, 0.15) is 11.5 Å². The van der Waals surface area contributed by atoms with Crippen LogP contribution in [-0.2, 0) is 0 Å². The molecule has 0 aliphatic carbocycles. The van der Waals surface area contributed by atoms with Gasteiger partial charge in [0.2, 0.25) is 5.78 Å². The van der Waals surface area contributed by atoms with E-state index in [9.17, 15) is 9.18 Å². The van der Waals surface area contributed by atoms with Crippen LogP contribution in [0.25, 0.3) is 5.65 Å². The maximum Gasteiger partial charge on any atom is 0.205 e. The van der Waals surface area contributed by atoms with Crippen LogP contribution in [0.15, 0.2) is 30.7 Å². The molecule has 18 heavy (non-hydrogen) atoms. The summed E-state index contributed by atoms with van der Waals surface area (Å²) in [5, 5.41) is 0. The Balaban J connectivity index is 2.49. The number of rotatable bonds is 3. The van der Waals surface area contributed by atoms with Gasteiger partial charge < -0.3 is 4.90 Å². The van der Waals surface area contributed by atoms with Gasteiger partial charge in [0, 0.05) is 32.6 Å². The Bertz CT molecular complexity index is 634. The van der Waals surface area contributed by atoms with Gasteiger partial charge in [-0.15, -0.1) is 0 Å². The largest absolute Gasteiger partial charge is 0.383 e. The van der Waals surface area contributed by atoms with Gasteiger partial charge in [0.05, 0.1) is 9.77 Å². The fourth-order valence-corrected chi connectivity index (χ4v) is 2.20. The van der Waals surface area contributed by atoms with Crippen molar-refractivity contribution in [3.8, 4) is 0 Å². The van der Waals surface area contributed by atoms with Crippen LogP contribution in [0.1, 0.15) is 10.5 Å². The molecule has 0 fully saturated rings. The summed E-state index contributed by atoms with van der Waals surface area (Å²) in [5.74, 6) is -0.604. The van der Waals surface area contributed by atoms with Gasteiger partial charge in [0.25, 0.3) is 0 Å². The maximum absolute atomic E-state index is 13.3. The first-order chi connectivity index (χ1) is 8.49. The molecule has 0 spiro atoms. The van der Waals surface area contributed by atoms with E-state index in [1.807, 2.05) is 36.7 Å². The number of allylic oxidation sites excluding steroid dienone is 1. The van der Waals surface area contributed by atoms with Gasteiger partial charge in [-0.05, 0) is 28.7 Å². The first-order valence-corrected chi connectivity index (χ1v) is 6.28. The molecular weight excluding hydrogens is 348 g/mol. The Morgan fingerprint density at radius 3 is 2.94 bits per heavy atom. The predicted molar refractivity (Wildman–Crippen MR) is 75.0 cm³/mol. The molecule has 0 unspecified atom stereocenters. The van der Waals surface area contributed by atoms with Crippen LogP contribution in [0.4, 0.5) is 4.39 Å². The van der Waals surface area contributed by atoms with Gasteiger partial charge in [-0.1, -0.05) is 0 Å². The molecule has 0 radical (unpaired) electrons. The lowest BCUT2D eigenvalue weighted by Crippen LogP contribution is -2.05.